The molecule has 1 aliphatic heterocycles. The second-order valence-corrected chi connectivity index (χ2v) is 7.77. The van der Waals surface area contributed by atoms with Crippen LogP contribution in [0.5, 0.6) is 0 Å². The maximum absolute atomic E-state index is 10.7. The van der Waals surface area contributed by atoms with Crippen LogP contribution in [-0.4, -0.2) is 16.5 Å². The van der Waals surface area contributed by atoms with E-state index in [1.54, 1.807) is 0 Å². The Labute approximate surface area is 120 Å². The molecule has 1 fully saturated rings. The van der Waals surface area contributed by atoms with Gasteiger partial charge in [-0.1, -0.05) is 38.5 Å². The van der Waals surface area contributed by atoms with Crippen molar-refractivity contribution in [2.75, 3.05) is 0 Å². The van der Waals surface area contributed by atoms with E-state index >= 15 is 0 Å². The number of hydrogen-bond donors (Lipinski definition) is 1. The standard InChI is InChI=1S/C17H24OS/c1-11-7-8-14(9-12(11)2)17(18)16-10-13-5-3-4-6-15(13)19-16/h3-6,11-12,14,16-18H,7-10H2,1-2H3. The monoisotopic (exact) mass is 276 g/mol. The Kier molecular flexibility index (Phi) is 3.91. The molecule has 104 valence electrons. The molecule has 1 N–H and O–H groups in total. The fraction of sp³-hybridized carbons (Fsp3) is 0.647. The van der Waals surface area contributed by atoms with Crippen molar-refractivity contribution < 1.29 is 5.11 Å². The minimum Gasteiger partial charge on any atom is -0.392 e. The first-order valence-electron chi connectivity index (χ1n) is 7.57. The summed E-state index contributed by atoms with van der Waals surface area (Å²) in [5.74, 6) is 2.11. The first kappa shape index (κ1) is 13.5. The molecule has 1 saturated carbocycles. The van der Waals surface area contributed by atoms with E-state index in [2.05, 4.69) is 38.1 Å². The minimum atomic E-state index is -0.132. The molecule has 0 aromatic heterocycles. The van der Waals surface area contributed by atoms with Gasteiger partial charge in [0.15, 0.2) is 0 Å². The fourth-order valence-corrected chi connectivity index (χ4v) is 5.01. The average Bonchev–Trinajstić information content (AvgIpc) is 2.85. The molecular formula is C17H24OS. The maximum Gasteiger partial charge on any atom is 0.0693 e. The number of thioether (sulfide) groups is 1. The predicted molar refractivity (Wildman–Crippen MR) is 81.5 cm³/mol. The zero-order chi connectivity index (χ0) is 13.4. The normalized spacial score (nSPS) is 35.9. The van der Waals surface area contributed by atoms with Crippen LogP contribution in [0.15, 0.2) is 29.2 Å². The minimum absolute atomic E-state index is 0.132. The van der Waals surface area contributed by atoms with E-state index in [0.29, 0.717) is 11.2 Å². The van der Waals surface area contributed by atoms with Crippen LogP contribution in [-0.2, 0) is 6.42 Å². The van der Waals surface area contributed by atoms with Gasteiger partial charge >= 0.3 is 0 Å². The second kappa shape index (κ2) is 5.49. The van der Waals surface area contributed by atoms with Crippen molar-refractivity contribution in [3.63, 3.8) is 0 Å². The van der Waals surface area contributed by atoms with E-state index in [4.69, 9.17) is 0 Å². The third-order valence-corrected chi connectivity index (χ3v) is 6.58. The second-order valence-electron chi connectivity index (χ2n) is 6.49. The number of hydrogen-bond acceptors (Lipinski definition) is 2. The molecule has 5 atom stereocenters. The van der Waals surface area contributed by atoms with Crippen LogP contribution < -0.4 is 0 Å². The van der Waals surface area contributed by atoms with Crippen molar-refractivity contribution in [2.24, 2.45) is 17.8 Å². The van der Waals surface area contributed by atoms with E-state index in [1.165, 1.54) is 29.7 Å². The van der Waals surface area contributed by atoms with Crippen molar-refractivity contribution in [1.82, 2.24) is 0 Å². The highest BCUT2D eigenvalue weighted by molar-refractivity contribution is 8.00. The zero-order valence-corrected chi connectivity index (χ0v) is 12.7. The number of rotatable bonds is 2. The van der Waals surface area contributed by atoms with Crippen molar-refractivity contribution >= 4 is 11.8 Å². The first-order chi connectivity index (χ1) is 9.15. The summed E-state index contributed by atoms with van der Waals surface area (Å²) < 4.78 is 0. The van der Waals surface area contributed by atoms with Crippen molar-refractivity contribution in [3.05, 3.63) is 29.8 Å². The lowest BCUT2D eigenvalue weighted by atomic mass is 9.73. The molecule has 1 aromatic rings. The van der Waals surface area contributed by atoms with Gasteiger partial charge in [-0.05, 0) is 48.6 Å². The van der Waals surface area contributed by atoms with E-state index in [1.807, 2.05) is 11.8 Å². The molecule has 0 spiro atoms. The number of fused-ring (bicyclic) bond motifs is 1. The Bertz CT molecular complexity index is 420. The molecule has 1 aliphatic carbocycles. The number of aliphatic hydroxyl groups is 1. The summed E-state index contributed by atoms with van der Waals surface area (Å²) in [7, 11) is 0. The Hall–Kier alpha value is -0.470. The molecule has 1 heterocycles. The molecule has 0 radical (unpaired) electrons. The number of benzene rings is 1. The highest BCUT2D eigenvalue weighted by atomic mass is 32.2. The molecule has 1 aromatic carbocycles. The molecular weight excluding hydrogens is 252 g/mol. The topological polar surface area (TPSA) is 20.2 Å². The Morgan fingerprint density at radius 3 is 2.68 bits per heavy atom. The lowest BCUT2D eigenvalue weighted by Gasteiger charge is -2.36. The third-order valence-electron chi connectivity index (χ3n) is 5.17. The van der Waals surface area contributed by atoms with Crippen LogP contribution in [0.2, 0.25) is 0 Å². The van der Waals surface area contributed by atoms with E-state index in [0.717, 1.165) is 18.3 Å². The van der Waals surface area contributed by atoms with Crippen molar-refractivity contribution in [3.8, 4) is 0 Å². The number of aliphatic hydroxyl groups excluding tert-OH is 1. The van der Waals surface area contributed by atoms with Gasteiger partial charge in [0.1, 0.15) is 0 Å². The summed E-state index contributed by atoms with van der Waals surface area (Å²) in [6.45, 7) is 4.70. The van der Waals surface area contributed by atoms with E-state index in [-0.39, 0.29) is 6.10 Å². The molecule has 2 aliphatic rings. The quantitative estimate of drug-likeness (QED) is 0.876. The van der Waals surface area contributed by atoms with Crippen LogP contribution in [0.25, 0.3) is 0 Å². The molecule has 0 saturated heterocycles. The molecule has 2 heteroatoms. The van der Waals surface area contributed by atoms with Crippen LogP contribution in [0.4, 0.5) is 0 Å². The van der Waals surface area contributed by atoms with Crippen LogP contribution in [0.3, 0.4) is 0 Å². The zero-order valence-electron chi connectivity index (χ0n) is 11.9. The summed E-state index contributed by atoms with van der Waals surface area (Å²) in [5, 5.41) is 11.1. The van der Waals surface area contributed by atoms with E-state index < -0.39 is 0 Å². The molecule has 0 bridgehead atoms. The summed E-state index contributed by atoms with van der Waals surface area (Å²) in [6.07, 6.45) is 4.61. The highest BCUT2D eigenvalue weighted by Crippen LogP contribution is 2.43. The average molecular weight is 276 g/mol. The molecule has 5 unspecified atom stereocenters. The van der Waals surface area contributed by atoms with Crippen LogP contribution >= 0.6 is 11.8 Å². The van der Waals surface area contributed by atoms with Crippen LogP contribution in [0, 0.1) is 17.8 Å². The van der Waals surface area contributed by atoms with Gasteiger partial charge in [0.2, 0.25) is 0 Å². The fourth-order valence-electron chi connectivity index (χ4n) is 3.60. The summed E-state index contributed by atoms with van der Waals surface area (Å²) in [5.41, 5.74) is 1.42. The first-order valence-corrected chi connectivity index (χ1v) is 8.45. The van der Waals surface area contributed by atoms with Gasteiger partial charge in [0.05, 0.1) is 6.10 Å². The van der Waals surface area contributed by atoms with Gasteiger partial charge in [-0.2, -0.15) is 0 Å². The molecule has 3 rings (SSSR count). The largest absolute Gasteiger partial charge is 0.392 e. The van der Waals surface area contributed by atoms with Crippen LogP contribution in [0.1, 0.15) is 38.7 Å². The maximum atomic E-state index is 10.7. The van der Waals surface area contributed by atoms with Gasteiger partial charge in [-0.15, -0.1) is 11.8 Å². The summed E-state index contributed by atoms with van der Waals surface area (Å²) in [6, 6.07) is 8.61. The lowest BCUT2D eigenvalue weighted by molar-refractivity contribution is 0.0557. The highest BCUT2D eigenvalue weighted by Gasteiger charge is 2.36. The Morgan fingerprint density at radius 1 is 1.16 bits per heavy atom. The van der Waals surface area contributed by atoms with Crippen molar-refractivity contribution in [2.45, 2.75) is 55.8 Å². The van der Waals surface area contributed by atoms with Gasteiger partial charge in [-0.3, -0.25) is 0 Å². The lowest BCUT2D eigenvalue weighted by Crippen LogP contribution is -2.36. The predicted octanol–water partition coefficient (Wildman–Crippen LogP) is 4.14. The van der Waals surface area contributed by atoms with Crippen molar-refractivity contribution in [1.29, 1.82) is 0 Å². The Balaban J connectivity index is 1.65. The Morgan fingerprint density at radius 2 is 1.95 bits per heavy atom. The molecule has 19 heavy (non-hydrogen) atoms. The molecule has 1 nitrogen and oxygen atoms in total. The third kappa shape index (κ3) is 2.71. The van der Waals surface area contributed by atoms with Gasteiger partial charge in [0.25, 0.3) is 0 Å². The summed E-state index contributed by atoms with van der Waals surface area (Å²) in [4.78, 5) is 1.38. The summed E-state index contributed by atoms with van der Waals surface area (Å²) >= 11 is 1.89. The van der Waals surface area contributed by atoms with Gasteiger partial charge < -0.3 is 5.11 Å². The van der Waals surface area contributed by atoms with Gasteiger partial charge in [-0.25, -0.2) is 0 Å². The molecule has 0 amide bonds. The smallest absolute Gasteiger partial charge is 0.0693 e. The SMILES string of the molecule is CC1CCC(C(O)C2Cc3ccccc3S2)CC1C. The van der Waals surface area contributed by atoms with Gasteiger partial charge in [0, 0.05) is 10.1 Å². The van der Waals surface area contributed by atoms with E-state index in [9.17, 15) is 5.11 Å².